The second-order valence-electron chi connectivity index (χ2n) is 7.09. The van der Waals surface area contributed by atoms with Gasteiger partial charge in [-0.15, -0.1) is 5.10 Å². The summed E-state index contributed by atoms with van der Waals surface area (Å²) in [5.74, 6) is 0.135. The first-order valence-corrected chi connectivity index (χ1v) is 7.16. The van der Waals surface area contributed by atoms with Crippen LogP contribution in [-0.4, -0.2) is 27.3 Å². The molecule has 3 rings (SSSR count). The number of carboxylic acid groups (broad SMARTS) is 1. The Morgan fingerprint density at radius 3 is 2.80 bits per heavy atom. The molecule has 2 aliphatic carbocycles. The molecule has 3 unspecified atom stereocenters. The van der Waals surface area contributed by atoms with E-state index in [9.17, 15) is 9.90 Å². The Bertz CT molecular complexity index is 553. The van der Waals surface area contributed by atoms with Gasteiger partial charge >= 0.3 is 5.97 Å². The van der Waals surface area contributed by atoms with Crippen molar-refractivity contribution in [2.24, 2.45) is 16.7 Å². The van der Waals surface area contributed by atoms with Crippen molar-refractivity contribution in [1.29, 1.82) is 0 Å². The molecule has 2 N–H and O–H groups in total. The number of fused-ring (bicyclic) bond motifs is 2. The maximum absolute atomic E-state index is 11.3. The molecule has 108 valence electrons. The predicted octanol–water partition coefficient (Wildman–Crippen LogP) is 2.80. The zero-order chi connectivity index (χ0) is 14.5. The van der Waals surface area contributed by atoms with Crippen LogP contribution in [0.25, 0.3) is 0 Å². The largest absolute Gasteiger partial charge is 0.478 e. The number of hydrogen-bond donors (Lipinski definition) is 2. The fourth-order valence-corrected chi connectivity index (χ4v) is 4.41. The molecule has 20 heavy (non-hydrogen) atoms. The average Bonchev–Trinajstić information content (AvgIpc) is 2.86. The summed E-state index contributed by atoms with van der Waals surface area (Å²) in [4.78, 5) is 11.3. The van der Waals surface area contributed by atoms with Crippen LogP contribution in [0.5, 0.6) is 0 Å². The van der Waals surface area contributed by atoms with E-state index in [4.69, 9.17) is 0 Å². The van der Waals surface area contributed by atoms with E-state index in [1.54, 1.807) is 0 Å². The van der Waals surface area contributed by atoms with Crippen molar-refractivity contribution in [3.05, 3.63) is 17.8 Å². The molecule has 0 aliphatic heterocycles. The second kappa shape index (κ2) is 4.17. The summed E-state index contributed by atoms with van der Waals surface area (Å²) in [5.41, 5.74) is 0.573. The molecule has 1 aromatic heterocycles. The van der Waals surface area contributed by atoms with Gasteiger partial charge in [-0.05, 0) is 42.1 Å². The third-order valence-corrected chi connectivity index (χ3v) is 5.50. The Kier molecular flexibility index (Phi) is 2.78. The van der Waals surface area contributed by atoms with E-state index < -0.39 is 5.97 Å². The van der Waals surface area contributed by atoms with Gasteiger partial charge in [0.05, 0.1) is 6.20 Å². The van der Waals surface area contributed by atoms with E-state index in [1.165, 1.54) is 31.5 Å². The highest BCUT2D eigenvalue weighted by atomic mass is 16.4. The Labute approximate surface area is 118 Å². The van der Waals surface area contributed by atoms with Gasteiger partial charge in [0, 0.05) is 6.04 Å². The molecule has 0 amide bonds. The van der Waals surface area contributed by atoms with E-state index in [0.717, 1.165) is 0 Å². The van der Waals surface area contributed by atoms with Crippen molar-refractivity contribution in [2.75, 3.05) is 5.32 Å². The molecule has 0 aromatic carbocycles. The highest BCUT2D eigenvalue weighted by Crippen LogP contribution is 2.63. The molecule has 2 saturated carbocycles. The second-order valence-corrected chi connectivity index (χ2v) is 7.09. The van der Waals surface area contributed by atoms with Gasteiger partial charge in [-0.25, -0.2) is 4.79 Å². The molecule has 0 saturated heterocycles. The van der Waals surface area contributed by atoms with Crippen molar-refractivity contribution >= 4 is 11.8 Å². The number of anilines is 1. The normalized spacial score (nSPS) is 34.1. The summed E-state index contributed by atoms with van der Waals surface area (Å²) >= 11 is 0. The summed E-state index contributed by atoms with van der Waals surface area (Å²) in [6, 6.07) is 1.74. The van der Waals surface area contributed by atoms with E-state index >= 15 is 0 Å². The van der Waals surface area contributed by atoms with Crippen molar-refractivity contribution in [3.8, 4) is 0 Å². The number of nitrogens with zero attached hydrogens (tertiary/aromatic N) is 2. The average molecular weight is 275 g/mol. The monoisotopic (exact) mass is 275 g/mol. The number of aromatic nitrogens is 2. The Hall–Kier alpha value is -1.65. The van der Waals surface area contributed by atoms with Gasteiger partial charge in [0.2, 0.25) is 0 Å². The number of aromatic carboxylic acids is 1. The minimum atomic E-state index is -0.964. The van der Waals surface area contributed by atoms with Crippen LogP contribution in [-0.2, 0) is 0 Å². The molecule has 0 radical (unpaired) electrons. The molecule has 5 heteroatoms. The molecular weight excluding hydrogens is 254 g/mol. The van der Waals surface area contributed by atoms with Gasteiger partial charge in [-0.2, -0.15) is 5.10 Å². The molecule has 1 aromatic rings. The van der Waals surface area contributed by atoms with E-state index in [0.29, 0.717) is 11.7 Å². The quantitative estimate of drug-likeness (QED) is 0.887. The van der Waals surface area contributed by atoms with Crippen LogP contribution in [0, 0.1) is 16.7 Å². The van der Waals surface area contributed by atoms with Crippen LogP contribution in [0.1, 0.15) is 50.4 Å². The molecule has 2 bridgehead atoms. The summed E-state index contributed by atoms with van der Waals surface area (Å²) in [6.07, 6.45) is 5.10. The minimum absolute atomic E-state index is 0.153. The van der Waals surface area contributed by atoms with Crippen LogP contribution in [0.4, 0.5) is 5.82 Å². The molecule has 1 heterocycles. The fraction of sp³-hybridized carbons (Fsp3) is 0.667. The summed E-state index contributed by atoms with van der Waals surface area (Å²) < 4.78 is 0. The topological polar surface area (TPSA) is 75.1 Å². The fourth-order valence-electron chi connectivity index (χ4n) is 4.41. The van der Waals surface area contributed by atoms with Crippen molar-refractivity contribution < 1.29 is 9.90 Å². The van der Waals surface area contributed by atoms with E-state index in [1.807, 2.05) is 0 Å². The van der Waals surface area contributed by atoms with Crippen molar-refractivity contribution in [2.45, 2.75) is 46.1 Å². The maximum atomic E-state index is 11.3. The number of hydrogen-bond acceptors (Lipinski definition) is 4. The number of carboxylic acids is 1. The maximum Gasteiger partial charge on any atom is 0.339 e. The van der Waals surface area contributed by atoms with Crippen LogP contribution in [0.2, 0.25) is 0 Å². The Morgan fingerprint density at radius 1 is 1.45 bits per heavy atom. The first kappa shape index (κ1) is 13.3. The van der Waals surface area contributed by atoms with Crippen LogP contribution >= 0.6 is 0 Å². The zero-order valence-corrected chi connectivity index (χ0v) is 12.2. The van der Waals surface area contributed by atoms with Crippen LogP contribution < -0.4 is 5.32 Å². The van der Waals surface area contributed by atoms with Crippen LogP contribution in [0.3, 0.4) is 0 Å². The summed E-state index contributed by atoms with van der Waals surface area (Å²) in [5, 5.41) is 20.5. The zero-order valence-electron chi connectivity index (χ0n) is 12.2. The first-order valence-electron chi connectivity index (χ1n) is 7.16. The van der Waals surface area contributed by atoms with Gasteiger partial charge in [0.15, 0.2) is 5.82 Å². The standard InChI is InChI=1S/C15H21N3O2/c1-14(2)9-4-6-15(3,8-9)13(14)17-11-10(12(19)20)5-7-16-18-11/h5,7,9,13H,4,6,8H2,1-3H3,(H,17,18)(H,19,20). The Morgan fingerprint density at radius 2 is 2.20 bits per heavy atom. The lowest BCUT2D eigenvalue weighted by molar-refractivity contribution is 0.0696. The van der Waals surface area contributed by atoms with Gasteiger partial charge in [0.25, 0.3) is 0 Å². The van der Waals surface area contributed by atoms with Crippen molar-refractivity contribution in [3.63, 3.8) is 0 Å². The lowest BCUT2D eigenvalue weighted by atomic mass is 9.68. The number of carbonyl (C=O) groups is 1. The number of nitrogens with one attached hydrogen (secondary N) is 1. The molecule has 2 fully saturated rings. The Balaban J connectivity index is 1.94. The molecular formula is C15H21N3O2. The molecule has 5 nitrogen and oxygen atoms in total. The third-order valence-electron chi connectivity index (χ3n) is 5.50. The van der Waals surface area contributed by atoms with Crippen molar-refractivity contribution in [1.82, 2.24) is 10.2 Å². The molecule has 3 atom stereocenters. The molecule has 2 aliphatic rings. The minimum Gasteiger partial charge on any atom is -0.478 e. The SMILES string of the molecule is CC12CCC(C1)C(C)(C)C2Nc1nnccc1C(=O)O. The van der Waals surface area contributed by atoms with E-state index in [2.05, 4.69) is 36.3 Å². The lowest BCUT2D eigenvalue weighted by Gasteiger charge is -2.43. The smallest absolute Gasteiger partial charge is 0.339 e. The first-order chi connectivity index (χ1) is 9.34. The summed E-state index contributed by atoms with van der Waals surface area (Å²) in [7, 11) is 0. The van der Waals surface area contributed by atoms with Gasteiger partial charge < -0.3 is 10.4 Å². The summed E-state index contributed by atoms with van der Waals surface area (Å²) in [6.45, 7) is 6.85. The van der Waals surface area contributed by atoms with Gasteiger partial charge in [-0.1, -0.05) is 20.8 Å². The highest BCUT2D eigenvalue weighted by molar-refractivity contribution is 5.92. The lowest BCUT2D eigenvalue weighted by Crippen LogP contribution is -2.46. The predicted molar refractivity (Wildman–Crippen MR) is 75.6 cm³/mol. The van der Waals surface area contributed by atoms with Gasteiger partial charge in [-0.3, -0.25) is 0 Å². The van der Waals surface area contributed by atoms with Crippen LogP contribution in [0.15, 0.2) is 12.3 Å². The van der Waals surface area contributed by atoms with Gasteiger partial charge in [0.1, 0.15) is 5.56 Å². The molecule has 0 spiro atoms. The highest BCUT2D eigenvalue weighted by Gasteiger charge is 2.59. The van der Waals surface area contributed by atoms with E-state index in [-0.39, 0.29) is 22.4 Å². The number of rotatable bonds is 3. The third kappa shape index (κ3) is 1.79.